The van der Waals surface area contributed by atoms with Gasteiger partial charge < -0.3 is 33.2 Å². The van der Waals surface area contributed by atoms with Crippen LogP contribution in [0.3, 0.4) is 0 Å². The van der Waals surface area contributed by atoms with Crippen molar-refractivity contribution in [3.63, 3.8) is 0 Å². The van der Waals surface area contributed by atoms with Gasteiger partial charge in [-0.05, 0) is 25.1 Å². The summed E-state index contributed by atoms with van der Waals surface area (Å²) in [5.41, 5.74) is 2.70. The van der Waals surface area contributed by atoms with Crippen molar-refractivity contribution in [3.05, 3.63) is 39.9 Å². The number of benzene rings is 2. The molecular weight excluding hydrogens is 446 g/mol. The number of ether oxygens (including phenoxy) is 7. The number of hydrogen-bond donors (Lipinski definition) is 0. The lowest BCUT2D eigenvalue weighted by molar-refractivity contribution is 0.00854. The Morgan fingerprint density at radius 2 is 1.76 bits per heavy atom. The Bertz CT molecular complexity index is 1190. The number of methoxy groups -OCH3 is 4. The molecule has 5 rings (SSSR count). The maximum absolute atomic E-state index is 13.0. The average Bonchev–Trinajstić information content (AvgIpc) is 3.46. The molecule has 0 saturated heterocycles. The van der Waals surface area contributed by atoms with Crippen LogP contribution in [0, 0.1) is 0 Å². The van der Waals surface area contributed by atoms with Gasteiger partial charge in [-0.25, -0.2) is 9.59 Å². The monoisotopic (exact) mass is 471 g/mol. The molecule has 10 nitrogen and oxygen atoms in total. The van der Waals surface area contributed by atoms with Crippen LogP contribution in [0.25, 0.3) is 0 Å². The van der Waals surface area contributed by atoms with Crippen molar-refractivity contribution < 1.29 is 42.7 Å². The van der Waals surface area contributed by atoms with Crippen LogP contribution in [0.15, 0.2) is 12.1 Å². The summed E-state index contributed by atoms with van der Waals surface area (Å²) in [6, 6.07) is 3.07. The zero-order chi connectivity index (χ0) is 24.1. The van der Waals surface area contributed by atoms with E-state index >= 15 is 0 Å². The minimum Gasteiger partial charge on any atom is -0.493 e. The zero-order valence-electron chi connectivity index (χ0n) is 19.6. The lowest BCUT2D eigenvalue weighted by atomic mass is 9.83. The fourth-order valence-corrected chi connectivity index (χ4v) is 5.15. The van der Waals surface area contributed by atoms with E-state index in [2.05, 4.69) is 4.90 Å². The van der Waals surface area contributed by atoms with Gasteiger partial charge in [0.2, 0.25) is 12.5 Å². The molecule has 3 aliphatic rings. The average molecular weight is 471 g/mol. The fourth-order valence-electron chi connectivity index (χ4n) is 5.15. The normalized spacial score (nSPS) is 20.3. The second kappa shape index (κ2) is 8.28. The van der Waals surface area contributed by atoms with E-state index in [9.17, 15) is 9.59 Å². The van der Waals surface area contributed by atoms with Crippen LogP contribution in [0.1, 0.15) is 49.6 Å². The van der Waals surface area contributed by atoms with Gasteiger partial charge in [0.05, 0.1) is 34.5 Å². The first-order valence-corrected chi connectivity index (χ1v) is 10.7. The smallest absolute Gasteiger partial charge is 0.343 e. The summed E-state index contributed by atoms with van der Waals surface area (Å²) in [7, 11) is 7.77. The van der Waals surface area contributed by atoms with Crippen LogP contribution >= 0.6 is 0 Å². The van der Waals surface area contributed by atoms with Gasteiger partial charge in [0, 0.05) is 17.7 Å². The van der Waals surface area contributed by atoms with E-state index in [0.29, 0.717) is 64.0 Å². The number of carbonyl (C=O) groups excluding carboxylic acids is 2. The number of esters is 2. The van der Waals surface area contributed by atoms with Gasteiger partial charge >= 0.3 is 11.9 Å². The van der Waals surface area contributed by atoms with Crippen molar-refractivity contribution in [2.75, 3.05) is 48.8 Å². The number of nitrogens with zero attached hydrogens (tertiary/aromatic N) is 1. The molecule has 0 aliphatic carbocycles. The molecule has 3 heterocycles. The minimum atomic E-state index is -0.689. The number of carbonyl (C=O) groups is 2. The Kier molecular flexibility index (Phi) is 5.40. The molecule has 0 spiro atoms. The molecule has 3 aliphatic heterocycles. The molecule has 10 heteroatoms. The Hall–Kier alpha value is -3.66. The standard InChI is InChI=1S/C24H25NO9/c1-25-9-8-11-14(20(30-4)22-21(32-10-33-22)15(11)23(26)31-5)17(25)18-12-6-7-13(28-2)19(29-3)16(12)24(27)34-18/h6-7,17-18H,8-10H2,1-5H3/t17-,18?/m1/s1. The highest BCUT2D eigenvalue weighted by Gasteiger charge is 2.48. The minimum absolute atomic E-state index is 0.0443. The summed E-state index contributed by atoms with van der Waals surface area (Å²) in [6.07, 6.45) is -0.148. The van der Waals surface area contributed by atoms with Crippen molar-refractivity contribution in [2.45, 2.75) is 18.6 Å². The van der Waals surface area contributed by atoms with Crippen LogP contribution in [0.4, 0.5) is 0 Å². The first-order valence-electron chi connectivity index (χ1n) is 10.7. The highest BCUT2D eigenvalue weighted by molar-refractivity contribution is 5.99. The highest BCUT2D eigenvalue weighted by Crippen LogP contribution is 2.56. The lowest BCUT2D eigenvalue weighted by Crippen LogP contribution is -2.37. The van der Waals surface area contributed by atoms with Crippen LogP contribution < -0.4 is 23.7 Å². The van der Waals surface area contributed by atoms with Gasteiger partial charge in [0.15, 0.2) is 23.0 Å². The van der Waals surface area contributed by atoms with Gasteiger partial charge in [0.25, 0.3) is 0 Å². The van der Waals surface area contributed by atoms with Crippen molar-refractivity contribution in [1.82, 2.24) is 4.90 Å². The van der Waals surface area contributed by atoms with Gasteiger partial charge in [-0.3, -0.25) is 4.90 Å². The molecule has 0 aromatic heterocycles. The van der Waals surface area contributed by atoms with Crippen LogP contribution in [0.5, 0.6) is 28.7 Å². The van der Waals surface area contributed by atoms with Gasteiger partial charge in [-0.15, -0.1) is 0 Å². The molecule has 0 saturated carbocycles. The van der Waals surface area contributed by atoms with Crippen molar-refractivity contribution in [1.29, 1.82) is 0 Å². The lowest BCUT2D eigenvalue weighted by Gasteiger charge is -2.39. The van der Waals surface area contributed by atoms with E-state index in [1.807, 2.05) is 7.05 Å². The molecule has 2 aromatic rings. The summed E-state index contributed by atoms with van der Waals surface area (Å²) >= 11 is 0. The maximum Gasteiger partial charge on any atom is 0.343 e. The summed E-state index contributed by atoms with van der Waals surface area (Å²) < 4.78 is 39.0. The van der Waals surface area contributed by atoms with Crippen LogP contribution in [-0.4, -0.2) is 65.7 Å². The Balaban J connectivity index is 1.75. The number of hydrogen-bond acceptors (Lipinski definition) is 10. The molecule has 0 bridgehead atoms. The van der Waals surface area contributed by atoms with Crippen LogP contribution in [0.2, 0.25) is 0 Å². The number of rotatable bonds is 5. The largest absolute Gasteiger partial charge is 0.493 e. The van der Waals surface area contributed by atoms with Crippen LogP contribution in [-0.2, 0) is 15.9 Å². The molecule has 0 fully saturated rings. The third-order valence-electron chi connectivity index (χ3n) is 6.61. The van der Waals surface area contributed by atoms with Crippen molar-refractivity contribution in [2.24, 2.45) is 0 Å². The Morgan fingerprint density at radius 1 is 1.03 bits per heavy atom. The Labute approximate surface area is 196 Å². The molecule has 1 unspecified atom stereocenters. The maximum atomic E-state index is 13.0. The highest BCUT2D eigenvalue weighted by atomic mass is 16.7. The number of likely N-dealkylation sites (N-methyl/N-ethyl adjacent to an activating group) is 1. The van der Waals surface area contributed by atoms with E-state index in [-0.39, 0.29) is 6.79 Å². The third-order valence-corrected chi connectivity index (χ3v) is 6.61. The zero-order valence-corrected chi connectivity index (χ0v) is 19.6. The molecule has 2 atom stereocenters. The van der Waals surface area contributed by atoms with E-state index < -0.39 is 24.1 Å². The molecule has 0 amide bonds. The first-order chi connectivity index (χ1) is 16.5. The molecule has 2 aromatic carbocycles. The second-order valence-electron chi connectivity index (χ2n) is 8.12. The topological polar surface area (TPSA) is 102 Å². The van der Waals surface area contributed by atoms with Gasteiger partial charge in [-0.1, -0.05) is 6.07 Å². The van der Waals surface area contributed by atoms with E-state index in [1.54, 1.807) is 12.1 Å². The molecule has 0 N–H and O–H groups in total. The van der Waals surface area contributed by atoms with Gasteiger partial charge in [0.1, 0.15) is 17.2 Å². The second-order valence-corrected chi connectivity index (χ2v) is 8.12. The number of cyclic esters (lactones) is 1. The summed E-state index contributed by atoms with van der Waals surface area (Å²) in [4.78, 5) is 27.9. The van der Waals surface area contributed by atoms with E-state index in [1.165, 1.54) is 28.4 Å². The third kappa shape index (κ3) is 2.98. The fraction of sp³-hybridized carbons (Fsp3) is 0.417. The summed E-state index contributed by atoms with van der Waals surface area (Å²) in [5, 5.41) is 0. The Morgan fingerprint density at radius 3 is 2.44 bits per heavy atom. The van der Waals surface area contributed by atoms with E-state index in [0.717, 1.165) is 5.56 Å². The molecule has 0 radical (unpaired) electrons. The van der Waals surface area contributed by atoms with Gasteiger partial charge in [-0.2, -0.15) is 0 Å². The SMILES string of the molecule is COC(=O)c1c2c(c(OC)c3c1OCO3)[C@H](C1OC(=O)c3c1ccc(OC)c3OC)N(C)CC2. The van der Waals surface area contributed by atoms with E-state index in [4.69, 9.17) is 33.2 Å². The quantitative estimate of drug-likeness (QED) is 0.605. The summed E-state index contributed by atoms with van der Waals surface area (Å²) in [6.45, 7) is 0.554. The van der Waals surface area contributed by atoms with Crippen molar-refractivity contribution in [3.8, 4) is 28.7 Å². The first kappa shape index (κ1) is 22.1. The number of fused-ring (bicyclic) bond motifs is 3. The van der Waals surface area contributed by atoms with Crippen molar-refractivity contribution >= 4 is 11.9 Å². The predicted molar refractivity (Wildman–Crippen MR) is 117 cm³/mol. The predicted octanol–water partition coefficient (Wildman–Crippen LogP) is 2.67. The molecular formula is C24H25NO9. The summed E-state index contributed by atoms with van der Waals surface area (Å²) in [5.74, 6) is 0.795. The molecule has 180 valence electrons. The molecule has 34 heavy (non-hydrogen) atoms.